The Balaban J connectivity index is 1.72. The van der Waals surface area contributed by atoms with Crippen LogP contribution in [0.5, 0.6) is 0 Å². The number of nitrogens with zero attached hydrogens (tertiary/aromatic N) is 1. The lowest BCUT2D eigenvalue weighted by molar-refractivity contribution is -0.138. The Labute approximate surface area is 118 Å². The zero-order valence-electron chi connectivity index (χ0n) is 11.5. The van der Waals surface area contributed by atoms with Gasteiger partial charge in [-0.1, -0.05) is 37.3 Å². The number of benzene rings is 1. The second-order valence-corrected chi connectivity index (χ2v) is 5.60. The van der Waals surface area contributed by atoms with Gasteiger partial charge in [0.05, 0.1) is 0 Å². The van der Waals surface area contributed by atoms with Crippen LogP contribution in [0.4, 0.5) is 4.79 Å². The van der Waals surface area contributed by atoms with Crippen LogP contribution in [0.2, 0.25) is 0 Å². The monoisotopic (exact) mass is 277 g/mol. The van der Waals surface area contributed by atoms with Gasteiger partial charge in [0.25, 0.3) is 0 Å². The molecule has 0 radical (unpaired) electrons. The quantitative estimate of drug-likeness (QED) is 0.898. The van der Waals surface area contributed by atoms with E-state index in [1.807, 2.05) is 37.3 Å². The van der Waals surface area contributed by atoms with Gasteiger partial charge in [0.1, 0.15) is 6.61 Å². The van der Waals surface area contributed by atoms with Gasteiger partial charge < -0.3 is 14.7 Å². The molecule has 0 bridgehead atoms. The molecule has 1 saturated heterocycles. The van der Waals surface area contributed by atoms with Crippen molar-refractivity contribution in [3.05, 3.63) is 35.9 Å². The van der Waals surface area contributed by atoms with Crippen LogP contribution in [0.3, 0.4) is 0 Å². The van der Waals surface area contributed by atoms with Crippen molar-refractivity contribution in [2.75, 3.05) is 13.1 Å². The molecule has 1 aromatic carbocycles. The fourth-order valence-electron chi connectivity index (χ4n) is 2.38. The van der Waals surface area contributed by atoms with Gasteiger partial charge in [0.15, 0.2) is 0 Å². The number of hydrogen-bond donors (Lipinski definition) is 1. The van der Waals surface area contributed by atoms with E-state index in [9.17, 15) is 9.59 Å². The van der Waals surface area contributed by atoms with Gasteiger partial charge in [-0.05, 0) is 12.0 Å². The van der Waals surface area contributed by atoms with Crippen molar-refractivity contribution in [2.24, 2.45) is 5.41 Å². The maximum Gasteiger partial charge on any atom is 0.410 e. The Morgan fingerprint density at radius 3 is 2.55 bits per heavy atom. The van der Waals surface area contributed by atoms with Crippen LogP contribution in [-0.4, -0.2) is 35.2 Å². The van der Waals surface area contributed by atoms with E-state index in [4.69, 9.17) is 9.84 Å². The van der Waals surface area contributed by atoms with Gasteiger partial charge in [0.2, 0.25) is 0 Å². The molecule has 1 heterocycles. The first-order valence-electron chi connectivity index (χ1n) is 6.66. The van der Waals surface area contributed by atoms with Gasteiger partial charge in [-0.15, -0.1) is 0 Å². The molecule has 1 aliphatic heterocycles. The van der Waals surface area contributed by atoms with Crippen LogP contribution in [0.1, 0.15) is 25.3 Å². The Kier molecular flexibility index (Phi) is 4.27. The van der Waals surface area contributed by atoms with Crippen molar-refractivity contribution < 1.29 is 19.4 Å². The summed E-state index contributed by atoms with van der Waals surface area (Å²) in [5.41, 5.74) is 0.861. The van der Waals surface area contributed by atoms with Crippen molar-refractivity contribution in [2.45, 2.75) is 26.4 Å². The van der Waals surface area contributed by atoms with E-state index in [1.165, 1.54) is 0 Å². The first kappa shape index (κ1) is 14.4. The molecule has 0 aliphatic carbocycles. The van der Waals surface area contributed by atoms with Crippen molar-refractivity contribution in [3.63, 3.8) is 0 Å². The fraction of sp³-hybridized carbons (Fsp3) is 0.467. The van der Waals surface area contributed by atoms with Crippen molar-refractivity contribution >= 4 is 12.1 Å². The summed E-state index contributed by atoms with van der Waals surface area (Å²) in [6, 6.07) is 9.51. The number of carbonyl (C=O) groups is 2. The third-order valence-corrected chi connectivity index (χ3v) is 3.55. The molecule has 1 amide bonds. The minimum Gasteiger partial charge on any atom is -0.481 e. The smallest absolute Gasteiger partial charge is 0.410 e. The second kappa shape index (κ2) is 5.94. The number of aliphatic carboxylic acids is 1. The van der Waals surface area contributed by atoms with E-state index < -0.39 is 5.97 Å². The van der Waals surface area contributed by atoms with Crippen LogP contribution in [0, 0.1) is 5.41 Å². The topological polar surface area (TPSA) is 66.8 Å². The number of likely N-dealkylation sites (tertiary alicyclic amines) is 1. The summed E-state index contributed by atoms with van der Waals surface area (Å²) in [4.78, 5) is 24.0. The van der Waals surface area contributed by atoms with Gasteiger partial charge in [-0.3, -0.25) is 4.79 Å². The molecule has 20 heavy (non-hydrogen) atoms. The van der Waals surface area contributed by atoms with Gasteiger partial charge in [0, 0.05) is 24.9 Å². The Morgan fingerprint density at radius 2 is 1.95 bits per heavy atom. The molecule has 1 aliphatic rings. The van der Waals surface area contributed by atoms with Gasteiger partial charge >= 0.3 is 12.1 Å². The van der Waals surface area contributed by atoms with Crippen molar-refractivity contribution in [1.82, 2.24) is 4.90 Å². The average molecular weight is 277 g/mol. The Hall–Kier alpha value is -2.04. The van der Waals surface area contributed by atoms with Crippen LogP contribution in [-0.2, 0) is 16.1 Å². The first-order valence-corrected chi connectivity index (χ1v) is 6.66. The van der Waals surface area contributed by atoms with Crippen LogP contribution in [0.25, 0.3) is 0 Å². The predicted molar refractivity (Wildman–Crippen MR) is 73.2 cm³/mol. The number of hydrogen-bond acceptors (Lipinski definition) is 3. The van der Waals surface area contributed by atoms with Crippen molar-refractivity contribution in [1.29, 1.82) is 0 Å². The lowest BCUT2D eigenvalue weighted by Crippen LogP contribution is -2.57. The van der Waals surface area contributed by atoms with Crippen LogP contribution in [0.15, 0.2) is 30.3 Å². The van der Waals surface area contributed by atoms with E-state index in [-0.39, 0.29) is 24.5 Å². The van der Waals surface area contributed by atoms with Crippen molar-refractivity contribution in [3.8, 4) is 0 Å². The lowest BCUT2D eigenvalue weighted by Gasteiger charge is -2.47. The molecule has 1 aromatic rings. The minimum atomic E-state index is -0.795. The number of carbonyl (C=O) groups excluding carboxylic acids is 1. The largest absolute Gasteiger partial charge is 0.481 e. The van der Waals surface area contributed by atoms with E-state index in [1.54, 1.807) is 4.90 Å². The highest BCUT2D eigenvalue weighted by atomic mass is 16.6. The number of carboxylic acids is 1. The second-order valence-electron chi connectivity index (χ2n) is 5.60. The molecule has 2 rings (SSSR count). The highest BCUT2D eigenvalue weighted by molar-refractivity contribution is 5.69. The molecular formula is C15H19NO4. The zero-order valence-corrected chi connectivity index (χ0v) is 11.5. The Morgan fingerprint density at radius 1 is 1.30 bits per heavy atom. The summed E-state index contributed by atoms with van der Waals surface area (Å²) in [7, 11) is 0. The van der Waals surface area contributed by atoms with E-state index in [0.29, 0.717) is 19.5 Å². The summed E-state index contributed by atoms with van der Waals surface area (Å²) in [5.74, 6) is -0.795. The summed E-state index contributed by atoms with van der Waals surface area (Å²) in [6.07, 6.45) is 0.399. The maximum absolute atomic E-state index is 11.8. The molecule has 5 nitrogen and oxygen atoms in total. The molecule has 0 unspecified atom stereocenters. The van der Waals surface area contributed by atoms with Gasteiger partial charge in [-0.25, -0.2) is 4.79 Å². The third-order valence-electron chi connectivity index (χ3n) is 3.55. The number of amides is 1. The maximum atomic E-state index is 11.8. The normalized spacial score (nSPS) is 16.4. The number of carboxylic acid groups (broad SMARTS) is 1. The Bertz CT molecular complexity index is 480. The van der Waals surface area contributed by atoms with Gasteiger partial charge in [-0.2, -0.15) is 0 Å². The fourth-order valence-corrected chi connectivity index (χ4v) is 2.38. The van der Waals surface area contributed by atoms with Crippen LogP contribution >= 0.6 is 0 Å². The number of rotatable bonds is 5. The molecule has 1 N–H and O–H groups in total. The summed E-state index contributed by atoms with van der Waals surface area (Å²) in [5, 5.41) is 8.68. The SMILES string of the molecule is CC1(CCC(=O)O)CN(C(=O)OCc2ccccc2)C1. The standard InChI is InChI=1S/C15H19NO4/c1-15(8-7-13(17)18)10-16(11-15)14(19)20-9-12-5-3-2-4-6-12/h2-6H,7-11H2,1H3,(H,17,18). The molecule has 1 fully saturated rings. The molecule has 108 valence electrons. The van der Waals surface area contributed by atoms with E-state index >= 15 is 0 Å². The predicted octanol–water partition coefficient (Wildman–Crippen LogP) is 2.51. The molecule has 0 aromatic heterocycles. The highest BCUT2D eigenvalue weighted by Crippen LogP contribution is 2.34. The molecule has 0 spiro atoms. The first-order chi connectivity index (χ1) is 9.48. The van der Waals surface area contributed by atoms with Crippen LogP contribution < -0.4 is 0 Å². The molecule has 5 heteroatoms. The summed E-state index contributed by atoms with van der Waals surface area (Å²) < 4.78 is 5.22. The number of ether oxygens (including phenoxy) is 1. The minimum absolute atomic E-state index is 0.0931. The summed E-state index contributed by atoms with van der Waals surface area (Å²) in [6.45, 7) is 3.39. The summed E-state index contributed by atoms with van der Waals surface area (Å²) >= 11 is 0. The third kappa shape index (κ3) is 3.73. The molecular weight excluding hydrogens is 258 g/mol. The van der Waals surface area contributed by atoms with E-state index in [0.717, 1.165) is 5.56 Å². The average Bonchev–Trinajstić information content (AvgIpc) is 2.40. The molecule has 0 atom stereocenters. The van der Waals surface area contributed by atoms with E-state index in [2.05, 4.69) is 0 Å². The zero-order chi connectivity index (χ0) is 14.6. The highest BCUT2D eigenvalue weighted by Gasteiger charge is 2.41. The lowest BCUT2D eigenvalue weighted by atomic mass is 9.78. The molecule has 0 saturated carbocycles.